The standard InChI is InChI=1S/C15H26O3.C3H8/c1-5-13(16)18-10-11-6-8-12(9-7-11)14(17)15(2,3)4;1-3-2/h11-12H,5-10H2,1-4H3;3H2,1-2H3. The third kappa shape index (κ3) is 8.23. The van der Waals surface area contributed by atoms with Gasteiger partial charge in [-0.05, 0) is 31.6 Å². The van der Waals surface area contributed by atoms with E-state index in [9.17, 15) is 9.59 Å². The zero-order chi connectivity index (χ0) is 16.5. The molecule has 124 valence electrons. The lowest BCUT2D eigenvalue weighted by molar-refractivity contribution is -0.145. The van der Waals surface area contributed by atoms with Crippen molar-refractivity contribution in [2.24, 2.45) is 17.3 Å². The molecule has 3 nitrogen and oxygen atoms in total. The van der Waals surface area contributed by atoms with E-state index in [1.807, 2.05) is 20.8 Å². The highest BCUT2D eigenvalue weighted by atomic mass is 16.5. The lowest BCUT2D eigenvalue weighted by atomic mass is 9.74. The number of ether oxygens (including phenoxy) is 1. The molecule has 0 saturated heterocycles. The van der Waals surface area contributed by atoms with Gasteiger partial charge in [-0.2, -0.15) is 0 Å². The Morgan fingerprint density at radius 1 is 1.00 bits per heavy atom. The molecule has 1 fully saturated rings. The van der Waals surface area contributed by atoms with Gasteiger partial charge in [0.1, 0.15) is 5.78 Å². The summed E-state index contributed by atoms with van der Waals surface area (Å²) in [7, 11) is 0. The number of hydrogen-bond acceptors (Lipinski definition) is 3. The maximum Gasteiger partial charge on any atom is 0.305 e. The van der Waals surface area contributed by atoms with E-state index in [4.69, 9.17) is 4.74 Å². The SMILES string of the molecule is CCC.CCC(=O)OCC1CCC(C(=O)C(C)(C)C)CC1. The van der Waals surface area contributed by atoms with Crippen LogP contribution in [0.4, 0.5) is 0 Å². The van der Waals surface area contributed by atoms with Gasteiger partial charge in [0.15, 0.2) is 0 Å². The third-order valence-corrected chi connectivity index (χ3v) is 3.73. The number of hydrogen-bond donors (Lipinski definition) is 0. The fourth-order valence-electron chi connectivity index (χ4n) is 2.52. The van der Waals surface area contributed by atoms with Crippen LogP contribution in [0.3, 0.4) is 0 Å². The smallest absolute Gasteiger partial charge is 0.305 e. The normalized spacial score (nSPS) is 22.0. The Kier molecular flexibility index (Phi) is 9.56. The van der Waals surface area contributed by atoms with E-state index in [1.165, 1.54) is 6.42 Å². The number of carbonyl (C=O) groups is 2. The molecular formula is C18H34O3. The lowest BCUT2D eigenvalue weighted by Gasteiger charge is -2.31. The first-order valence-corrected chi connectivity index (χ1v) is 8.46. The molecule has 1 rings (SSSR count). The Bertz CT molecular complexity index is 307. The molecule has 21 heavy (non-hydrogen) atoms. The van der Waals surface area contributed by atoms with Gasteiger partial charge in [-0.15, -0.1) is 0 Å². The highest BCUT2D eigenvalue weighted by molar-refractivity contribution is 5.86. The highest BCUT2D eigenvalue weighted by Gasteiger charge is 2.32. The molecule has 0 N–H and O–H groups in total. The minimum atomic E-state index is -0.230. The van der Waals surface area contributed by atoms with E-state index in [0.29, 0.717) is 24.7 Å². The average molecular weight is 298 g/mol. The van der Waals surface area contributed by atoms with E-state index in [-0.39, 0.29) is 17.3 Å². The van der Waals surface area contributed by atoms with E-state index in [1.54, 1.807) is 6.92 Å². The van der Waals surface area contributed by atoms with Crippen molar-refractivity contribution in [3.8, 4) is 0 Å². The molecule has 0 aromatic rings. The number of carbonyl (C=O) groups excluding carboxylic acids is 2. The molecule has 0 radical (unpaired) electrons. The minimum absolute atomic E-state index is 0.122. The molecule has 0 spiro atoms. The van der Waals surface area contributed by atoms with Crippen molar-refractivity contribution in [2.75, 3.05) is 6.61 Å². The molecule has 0 aromatic carbocycles. The number of esters is 1. The molecule has 0 aromatic heterocycles. The second-order valence-electron chi connectivity index (χ2n) is 7.08. The van der Waals surface area contributed by atoms with Crippen molar-refractivity contribution in [1.82, 2.24) is 0 Å². The van der Waals surface area contributed by atoms with Crippen LogP contribution in [0.25, 0.3) is 0 Å². The number of ketones is 1. The van der Waals surface area contributed by atoms with Crippen LogP contribution in [0, 0.1) is 17.3 Å². The van der Waals surface area contributed by atoms with Crippen molar-refractivity contribution in [1.29, 1.82) is 0 Å². The van der Waals surface area contributed by atoms with Crippen molar-refractivity contribution in [3.63, 3.8) is 0 Å². The lowest BCUT2D eigenvalue weighted by Crippen LogP contribution is -2.32. The molecule has 1 aliphatic carbocycles. The van der Waals surface area contributed by atoms with E-state index in [0.717, 1.165) is 25.7 Å². The predicted octanol–water partition coefficient (Wildman–Crippen LogP) is 4.78. The van der Waals surface area contributed by atoms with Crippen molar-refractivity contribution in [3.05, 3.63) is 0 Å². The molecule has 0 unspecified atom stereocenters. The molecule has 1 aliphatic rings. The summed E-state index contributed by atoms with van der Waals surface area (Å²) >= 11 is 0. The van der Waals surface area contributed by atoms with Crippen LogP contribution in [-0.4, -0.2) is 18.4 Å². The fraction of sp³-hybridized carbons (Fsp3) is 0.889. The van der Waals surface area contributed by atoms with Crippen molar-refractivity contribution >= 4 is 11.8 Å². The Hall–Kier alpha value is -0.860. The first-order chi connectivity index (χ1) is 9.76. The summed E-state index contributed by atoms with van der Waals surface area (Å²) in [4.78, 5) is 23.2. The molecule has 0 heterocycles. The monoisotopic (exact) mass is 298 g/mol. The van der Waals surface area contributed by atoms with Crippen LogP contribution >= 0.6 is 0 Å². The first kappa shape index (κ1) is 20.1. The van der Waals surface area contributed by atoms with Crippen molar-refractivity contribution < 1.29 is 14.3 Å². The predicted molar refractivity (Wildman–Crippen MR) is 87.1 cm³/mol. The summed E-state index contributed by atoms with van der Waals surface area (Å²) in [6, 6.07) is 0. The summed E-state index contributed by atoms with van der Waals surface area (Å²) < 4.78 is 5.17. The van der Waals surface area contributed by atoms with E-state index in [2.05, 4.69) is 13.8 Å². The van der Waals surface area contributed by atoms with Gasteiger partial charge in [0.2, 0.25) is 0 Å². The van der Waals surface area contributed by atoms with Crippen LogP contribution in [-0.2, 0) is 14.3 Å². The third-order valence-electron chi connectivity index (χ3n) is 3.73. The maximum atomic E-state index is 12.2. The quantitative estimate of drug-likeness (QED) is 0.702. The van der Waals surface area contributed by atoms with E-state index >= 15 is 0 Å². The van der Waals surface area contributed by atoms with Crippen LogP contribution in [0.2, 0.25) is 0 Å². The summed E-state index contributed by atoms with van der Waals surface area (Å²) in [5, 5.41) is 0. The average Bonchev–Trinajstić information content (AvgIpc) is 2.44. The zero-order valence-corrected chi connectivity index (χ0v) is 14.8. The molecule has 3 heteroatoms. The molecule has 0 amide bonds. The van der Waals surface area contributed by atoms with Gasteiger partial charge in [-0.25, -0.2) is 0 Å². The minimum Gasteiger partial charge on any atom is -0.465 e. The number of Topliss-reactive ketones (excluding diaryl/α,β-unsaturated/α-hetero) is 1. The highest BCUT2D eigenvalue weighted by Crippen LogP contribution is 2.34. The summed E-state index contributed by atoms with van der Waals surface area (Å²) in [5.41, 5.74) is -0.230. The maximum absolute atomic E-state index is 12.2. The molecule has 1 saturated carbocycles. The zero-order valence-electron chi connectivity index (χ0n) is 14.8. The van der Waals surface area contributed by atoms with Gasteiger partial charge in [0, 0.05) is 17.8 Å². The topological polar surface area (TPSA) is 43.4 Å². The van der Waals surface area contributed by atoms with Gasteiger partial charge < -0.3 is 4.74 Å². The summed E-state index contributed by atoms with van der Waals surface area (Å²) in [6.07, 6.45) is 5.60. The Labute approximate surface area is 130 Å². The Morgan fingerprint density at radius 2 is 1.48 bits per heavy atom. The summed E-state index contributed by atoms with van der Waals surface area (Å²) in [5.74, 6) is 0.919. The van der Waals surface area contributed by atoms with Crippen LogP contribution in [0.5, 0.6) is 0 Å². The van der Waals surface area contributed by atoms with E-state index < -0.39 is 0 Å². The van der Waals surface area contributed by atoms with Gasteiger partial charge in [-0.1, -0.05) is 48.0 Å². The largest absolute Gasteiger partial charge is 0.465 e. The summed E-state index contributed by atoms with van der Waals surface area (Å²) in [6.45, 7) is 12.6. The fourth-order valence-corrected chi connectivity index (χ4v) is 2.52. The Balaban J connectivity index is 0.00000122. The molecule has 0 aliphatic heterocycles. The van der Waals surface area contributed by atoms with Crippen molar-refractivity contribution in [2.45, 2.75) is 80.1 Å². The second-order valence-corrected chi connectivity index (χ2v) is 7.08. The van der Waals surface area contributed by atoms with Gasteiger partial charge in [0.25, 0.3) is 0 Å². The van der Waals surface area contributed by atoms with Crippen LogP contribution in [0.15, 0.2) is 0 Å². The van der Waals surface area contributed by atoms with Gasteiger partial charge in [0.05, 0.1) is 6.61 Å². The molecule has 0 bridgehead atoms. The van der Waals surface area contributed by atoms with Crippen LogP contribution in [0.1, 0.15) is 80.1 Å². The van der Waals surface area contributed by atoms with Gasteiger partial charge >= 0.3 is 5.97 Å². The number of rotatable bonds is 4. The van der Waals surface area contributed by atoms with Crippen LogP contribution < -0.4 is 0 Å². The first-order valence-electron chi connectivity index (χ1n) is 8.46. The second kappa shape index (κ2) is 9.97. The Morgan fingerprint density at radius 3 is 1.86 bits per heavy atom. The molecule has 0 atom stereocenters. The van der Waals surface area contributed by atoms with Gasteiger partial charge in [-0.3, -0.25) is 9.59 Å². The molecular weight excluding hydrogens is 264 g/mol.